The number of carbonyl (C=O) groups excluding carboxylic acids is 1. The monoisotopic (exact) mass is 262 g/mol. The quantitative estimate of drug-likeness (QED) is 0.664. The molecule has 3 aromatic rings. The number of nitrogens with zero attached hydrogens (tertiary/aromatic N) is 2. The van der Waals surface area contributed by atoms with Crippen molar-refractivity contribution in [3.63, 3.8) is 0 Å². The zero-order chi connectivity index (χ0) is 14.1. The van der Waals surface area contributed by atoms with Crippen molar-refractivity contribution in [3.05, 3.63) is 71.0 Å². The van der Waals surface area contributed by atoms with E-state index in [9.17, 15) is 4.79 Å². The predicted molar refractivity (Wildman–Crippen MR) is 78.9 cm³/mol. The summed E-state index contributed by atoms with van der Waals surface area (Å²) in [7, 11) is 0. The number of hydrogen-bond acceptors (Lipinski definition) is 3. The Labute approximate surface area is 117 Å². The molecule has 0 amide bonds. The lowest BCUT2D eigenvalue weighted by atomic mass is 10.0. The second-order valence-electron chi connectivity index (χ2n) is 4.89. The van der Waals surface area contributed by atoms with Gasteiger partial charge in [-0.15, -0.1) is 0 Å². The van der Waals surface area contributed by atoms with E-state index in [1.165, 1.54) is 0 Å². The van der Waals surface area contributed by atoms with Crippen LogP contribution in [0.2, 0.25) is 0 Å². The van der Waals surface area contributed by atoms with E-state index in [2.05, 4.69) is 9.97 Å². The van der Waals surface area contributed by atoms with Crippen LogP contribution in [0.3, 0.4) is 0 Å². The zero-order valence-corrected chi connectivity index (χ0v) is 11.4. The van der Waals surface area contributed by atoms with Gasteiger partial charge >= 0.3 is 0 Å². The van der Waals surface area contributed by atoms with Crippen molar-refractivity contribution in [2.45, 2.75) is 13.8 Å². The molecule has 0 aliphatic rings. The van der Waals surface area contributed by atoms with E-state index in [1.54, 1.807) is 6.20 Å². The number of carbonyl (C=O) groups is 1. The van der Waals surface area contributed by atoms with Crippen LogP contribution in [-0.2, 0) is 0 Å². The summed E-state index contributed by atoms with van der Waals surface area (Å²) in [5.41, 5.74) is 4.71. The minimum absolute atomic E-state index is 0.0826. The van der Waals surface area contributed by atoms with Crippen molar-refractivity contribution in [2.24, 2.45) is 0 Å². The second-order valence-corrected chi connectivity index (χ2v) is 4.89. The third-order valence-corrected chi connectivity index (χ3v) is 3.31. The lowest BCUT2D eigenvalue weighted by Gasteiger charge is -2.06. The molecule has 0 radical (unpaired) electrons. The smallest absolute Gasteiger partial charge is 0.213 e. The van der Waals surface area contributed by atoms with E-state index in [4.69, 9.17) is 0 Å². The van der Waals surface area contributed by atoms with Gasteiger partial charge in [-0.05, 0) is 31.5 Å². The molecule has 20 heavy (non-hydrogen) atoms. The summed E-state index contributed by atoms with van der Waals surface area (Å²) in [4.78, 5) is 21.2. The van der Waals surface area contributed by atoms with E-state index < -0.39 is 0 Å². The highest BCUT2D eigenvalue weighted by Crippen LogP contribution is 2.16. The van der Waals surface area contributed by atoms with Crippen LogP contribution in [0.15, 0.2) is 48.7 Å². The molecule has 0 saturated carbocycles. The van der Waals surface area contributed by atoms with E-state index in [0.29, 0.717) is 11.3 Å². The number of aromatic nitrogens is 2. The van der Waals surface area contributed by atoms with E-state index >= 15 is 0 Å². The number of aryl methyl sites for hydroxylation is 2. The molecule has 0 spiro atoms. The summed E-state index contributed by atoms with van der Waals surface area (Å²) in [5.74, 6) is -0.0826. The van der Waals surface area contributed by atoms with Gasteiger partial charge in [-0.2, -0.15) is 0 Å². The number of para-hydroxylation sites is 2. The van der Waals surface area contributed by atoms with Gasteiger partial charge in [-0.25, -0.2) is 4.98 Å². The molecular weight excluding hydrogens is 248 g/mol. The molecule has 3 nitrogen and oxygen atoms in total. The third-order valence-electron chi connectivity index (χ3n) is 3.31. The van der Waals surface area contributed by atoms with Crippen LogP contribution in [0.5, 0.6) is 0 Å². The Bertz CT molecular complexity index is 809. The van der Waals surface area contributed by atoms with Crippen molar-refractivity contribution in [1.29, 1.82) is 0 Å². The molecule has 0 saturated heterocycles. The van der Waals surface area contributed by atoms with E-state index in [-0.39, 0.29) is 5.78 Å². The molecular formula is C17H14N2O. The fourth-order valence-electron chi connectivity index (χ4n) is 2.27. The van der Waals surface area contributed by atoms with Crippen molar-refractivity contribution >= 4 is 16.8 Å². The average Bonchev–Trinajstić information content (AvgIpc) is 2.46. The van der Waals surface area contributed by atoms with Gasteiger partial charge in [-0.1, -0.05) is 35.9 Å². The van der Waals surface area contributed by atoms with Gasteiger partial charge in [0.05, 0.1) is 17.2 Å². The summed E-state index contributed by atoms with van der Waals surface area (Å²) in [6.07, 6.45) is 1.55. The van der Waals surface area contributed by atoms with Gasteiger partial charge in [0.15, 0.2) is 0 Å². The first-order chi connectivity index (χ1) is 9.65. The van der Waals surface area contributed by atoms with Crippen molar-refractivity contribution in [1.82, 2.24) is 9.97 Å². The van der Waals surface area contributed by atoms with Crippen LogP contribution in [0.25, 0.3) is 11.0 Å². The van der Waals surface area contributed by atoms with Gasteiger partial charge in [0.2, 0.25) is 5.78 Å². The molecule has 3 rings (SSSR count). The summed E-state index contributed by atoms with van der Waals surface area (Å²) < 4.78 is 0. The Kier molecular flexibility index (Phi) is 3.03. The fraction of sp³-hybridized carbons (Fsp3) is 0.118. The number of hydrogen-bond donors (Lipinski definition) is 0. The largest absolute Gasteiger partial charge is 0.287 e. The Morgan fingerprint density at radius 2 is 1.75 bits per heavy atom. The lowest BCUT2D eigenvalue weighted by molar-refractivity contribution is 0.103. The van der Waals surface area contributed by atoms with Crippen LogP contribution < -0.4 is 0 Å². The molecule has 98 valence electrons. The molecule has 0 bridgehead atoms. The first-order valence-electron chi connectivity index (χ1n) is 6.49. The molecule has 0 N–H and O–H groups in total. The first-order valence-corrected chi connectivity index (χ1v) is 6.49. The van der Waals surface area contributed by atoms with Crippen LogP contribution in [-0.4, -0.2) is 15.8 Å². The van der Waals surface area contributed by atoms with Crippen molar-refractivity contribution in [2.75, 3.05) is 0 Å². The highest BCUT2D eigenvalue weighted by Gasteiger charge is 2.14. The Morgan fingerprint density at radius 1 is 1.00 bits per heavy atom. The Hall–Kier alpha value is -2.55. The predicted octanol–water partition coefficient (Wildman–Crippen LogP) is 3.48. The van der Waals surface area contributed by atoms with Crippen LogP contribution in [0.4, 0.5) is 0 Å². The Balaban J connectivity index is 2.08. The summed E-state index contributed by atoms with van der Waals surface area (Å²) in [6.45, 7) is 3.95. The topological polar surface area (TPSA) is 42.9 Å². The molecule has 0 aliphatic heterocycles. The molecule has 1 heterocycles. The SMILES string of the molecule is Cc1ccc(C(=O)c2cnc3ccccc3n2)c(C)c1. The number of fused-ring (bicyclic) bond motifs is 1. The van der Waals surface area contributed by atoms with Crippen LogP contribution >= 0.6 is 0 Å². The fourth-order valence-corrected chi connectivity index (χ4v) is 2.27. The minimum Gasteiger partial charge on any atom is -0.287 e. The van der Waals surface area contributed by atoms with Crippen molar-refractivity contribution in [3.8, 4) is 0 Å². The van der Waals surface area contributed by atoms with E-state index in [1.807, 2.05) is 56.3 Å². The Morgan fingerprint density at radius 3 is 2.50 bits per heavy atom. The second kappa shape index (κ2) is 4.85. The number of rotatable bonds is 2. The number of benzene rings is 2. The summed E-state index contributed by atoms with van der Waals surface area (Å²) >= 11 is 0. The zero-order valence-electron chi connectivity index (χ0n) is 11.4. The molecule has 0 unspecified atom stereocenters. The summed E-state index contributed by atoms with van der Waals surface area (Å²) in [5, 5.41) is 0. The van der Waals surface area contributed by atoms with Crippen LogP contribution in [0, 0.1) is 13.8 Å². The molecule has 2 aromatic carbocycles. The van der Waals surface area contributed by atoms with Crippen LogP contribution in [0.1, 0.15) is 27.2 Å². The molecule has 1 aromatic heterocycles. The maximum absolute atomic E-state index is 12.5. The first kappa shape index (κ1) is 12.5. The van der Waals surface area contributed by atoms with Gasteiger partial charge < -0.3 is 0 Å². The maximum Gasteiger partial charge on any atom is 0.213 e. The molecule has 0 atom stereocenters. The molecule has 3 heteroatoms. The lowest BCUT2D eigenvalue weighted by Crippen LogP contribution is -2.07. The third kappa shape index (κ3) is 2.18. The highest BCUT2D eigenvalue weighted by molar-refractivity contribution is 6.09. The van der Waals surface area contributed by atoms with Gasteiger partial charge in [-0.3, -0.25) is 9.78 Å². The maximum atomic E-state index is 12.5. The normalized spacial score (nSPS) is 10.7. The minimum atomic E-state index is -0.0826. The average molecular weight is 262 g/mol. The van der Waals surface area contributed by atoms with Gasteiger partial charge in [0, 0.05) is 5.56 Å². The summed E-state index contributed by atoms with van der Waals surface area (Å²) in [6, 6.07) is 13.3. The van der Waals surface area contributed by atoms with Gasteiger partial charge in [0.25, 0.3) is 0 Å². The van der Waals surface area contributed by atoms with Crippen molar-refractivity contribution < 1.29 is 4.79 Å². The number of ketones is 1. The standard InChI is InChI=1S/C17H14N2O/c1-11-7-8-13(12(2)9-11)17(20)16-10-18-14-5-3-4-6-15(14)19-16/h3-10H,1-2H3. The van der Waals surface area contributed by atoms with Gasteiger partial charge in [0.1, 0.15) is 5.69 Å². The highest BCUT2D eigenvalue weighted by atomic mass is 16.1. The molecule has 0 fully saturated rings. The van der Waals surface area contributed by atoms with E-state index in [0.717, 1.165) is 22.2 Å². The molecule has 0 aliphatic carbocycles.